The number of carbonyl (C=O) groups excluding carboxylic acids is 2. The molecular weight excluding hydrogens is 394 g/mol. The SMILES string of the molecule is Cc1noc(C)c1Cn1cc(N2C(=O)N(CCCc3ccccc3)C(C)(C)C2=O)cn1. The third-order valence-electron chi connectivity index (χ3n) is 5.89. The van der Waals surface area contributed by atoms with Crippen molar-refractivity contribution in [1.82, 2.24) is 19.8 Å². The van der Waals surface area contributed by atoms with Gasteiger partial charge in [-0.05, 0) is 46.1 Å². The number of amides is 3. The molecule has 4 rings (SSSR count). The molecular formula is C23H27N5O3. The summed E-state index contributed by atoms with van der Waals surface area (Å²) in [4.78, 5) is 29.2. The van der Waals surface area contributed by atoms with Crippen LogP contribution in [0.4, 0.5) is 10.5 Å². The maximum atomic E-state index is 13.2. The highest BCUT2D eigenvalue weighted by molar-refractivity contribution is 6.22. The van der Waals surface area contributed by atoms with E-state index in [1.54, 1.807) is 35.8 Å². The van der Waals surface area contributed by atoms with E-state index < -0.39 is 5.54 Å². The number of urea groups is 1. The van der Waals surface area contributed by atoms with Gasteiger partial charge in [0.1, 0.15) is 11.3 Å². The van der Waals surface area contributed by atoms with Crippen molar-refractivity contribution in [2.45, 2.75) is 52.6 Å². The number of nitrogens with zero attached hydrogens (tertiary/aromatic N) is 5. The highest BCUT2D eigenvalue weighted by Crippen LogP contribution is 2.32. The lowest BCUT2D eigenvalue weighted by Gasteiger charge is -2.27. The zero-order valence-corrected chi connectivity index (χ0v) is 18.3. The highest BCUT2D eigenvalue weighted by Gasteiger charge is 2.51. The summed E-state index contributed by atoms with van der Waals surface area (Å²) in [5, 5.41) is 8.30. The van der Waals surface area contributed by atoms with E-state index in [4.69, 9.17) is 4.52 Å². The Morgan fingerprint density at radius 1 is 1.10 bits per heavy atom. The summed E-state index contributed by atoms with van der Waals surface area (Å²) >= 11 is 0. The van der Waals surface area contributed by atoms with Crippen LogP contribution in [-0.4, -0.2) is 43.9 Å². The van der Waals surface area contributed by atoms with Gasteiger partial charge in [-0.15, -0.1) is 0 Å². The van der Waals surface area contributed by atoms with Crippen molar-refractivity contribution in [1.29, 1.82) is 0 Å². The first-order valence-corrected chi connectivity index (χ1v) is 10.4. The first-order valence-electron chi connectivity index (χ1n) is 10.4. The standard InChI is InChI=1S/C23H27N5O3/c1-16-20(17(2)31-25-16)15-26-14-19(13-24-26)28-21(29)23(3,4)27(22(28)30)12-8-11-18-9-6-5-7-10-18/h5-7,9-10,13-14H,8,11-12,15H2,1-4H3. The molecule has 2 aromatic heterocycles. The van der Waals surface area contributed by atoms with E-state index in [9.17, 15) is 9.59 Å². The van der Waals surface area contributed by atoms with Crippen molar-refractivity contribution in [2.24, 2.45) is 0 Å². The minimum absolute atomic E-state index is 0.242. The molecule has 1 aromatic carbocycles. The van der Waals surface area contributed by atoms with Gasteiger partial charge < -0.3 is 9.42 Å². The minimum Gasteiger partial charge on any atom is -0.361 e. The van der Waals surface area contributed by atoms with Crippen molar-refractivity contribution in [2.75, 3.05) is 11.4 Å². The molecule has 3 heterocycles. The van der Waals surface area contributed by atoms with Crippen LogP contribution in [0.3, 0.4) is 0 Å². The van der Waals surface area contributed by atoms with Crippen molar-refractivity contribution < 1.29 is 14.1 Å². The Hall–Kier alpha value is -3.42. The van der Waals surface area contributed by atoms with Crippen LogP contribution in [0, 0.1) is 13.8 Å². The van der Waals surface area contributed by atoms with Gasteiger partial charge in [-0.1, -0.05) is 35.5 Å². The van der Waals surface area contributed by atoms with Gasteiger partial charge in [0.2, 0.25) is 0 Å². The second kappa shape index (κ2) is 8.02. The number of benzene rings is 1. The van der Waals surface area contributed by atoms with E-state index in [-0.39, 0.29) is 11.9 Å². The number of rotatable bonds is 7. The maximum Gasteiger partial charge on any atom is 0.332 e. The topological polar surface area (TPSA) is 84.5 Å². The quantitative estimate of drug-likeness (QED) is 0.543. The molecule has 0 N–H and O–H groups in total. The molecule has 1 aliphatic heterocycles. The minimum atomic E-state index is -0.905. The molecule has 0 spiro atoms. The van der Waals surface area contributed by atoms with Crippen molar-refractivity contribution in [3.05, 3.63) is 65.3 Å². The van der Waals surface area contributed by atoms with Crippen LogP contribution < -0.4 is 4.90 Å². The van der Waals surface area contributed by atoms with Crippen LogP contribution >= 0.6 is 0 Å². The van der Waals surface area contributed by atoms with Crippen LogP contribution in [0.1, 0.15) is 42.8 Å². The second-order valence-corrected chi connectivity index (χ2v) is 8.42. The number of hydrogen-bond acceptors (Lipinski definition) is 5. The fraction of sp³-hybridized carbons (Fsp3) is 0.391. The van der Waals surface area contributed by atoms with Gasteiger partial charge in [-0.2, -0.15) is 5.10 Å². The average Bonchev–Trinajstić information content (AvgIpc) is 3.37. The molecule has 0 atom stereocenters. The number of carbonyl (C=O) groups is 2. The summed E-state index contributed by atoms with van der Waals surface area (Å²) < 4.78 is 6.89. The first-order chi connectivity index (χ1) is 14.8. The van der Waals surface area contributed by atoms with E-state index in [1.807, 2.05) is 32.0 Å². The van der Waals surface area contributed by atoms with E-state index in [0.29, 0.717) is 18.8 Å². The molecule has 3 aromatic rings. The highest BCUT2D eigenvalue weighted by atomic mass is 16.5. The van der Waals surface area contributed by atoms with Crippen molar-refractivity contribution >= 4 is 17.6 Å². The van der Waals surface area contributed by atoms with Crippen LogP contribution in [0.2, 0.25) is 0 Å². The Labute approximate surface area is 181 Å². The Morgan fingerprint density at radius 2 is 1.84 bits per heavy atom. The largest absolute Gasteiger partial charge is 0.361 e. The molecule has 0 unspecified atom stereocenters. The molecule has 1 fully saturated rings. The number of aryl methyl sites for hydroxylation is 3. The van der Waals surface area contributed by atoms with E-state index in [0.717, 1.165) is 29.9 Å². The lowest BCUT2D eigenvalue weighted by atomic mass is 10.0. The predicted octanol–water partition coefficient (Wildman–Crippen LogP) is 3.72. The van der Waals surface area contributed by atoms with Crippen LogP contribution in [0.5, 0.6) is 0 Å². The van der Waals surface area contributed by atoms with E-state index in [1.165, 1.54) is 10.5 Å². The number of hydrogen-bond donors (Lipinski definition) is 0. The molecule has 162 valence electrons. The average molecular weight is 422 g/mol. The maximum absolute atomic E-state index is 13.2. The zero-order chi connectivity index (χ0) is 22.2. The number of imide groups is 1. The van der Waals surface area contributed by atoms with Crippen LogP contribution in [0.25, 0.3) is 0 Å². The smallest absolute Gasteiger partial charge is 0.332 e. The third kappa shape index (κ3) is 3.85. The fourth-order valence-corrected chi connectivity index (χ4v) is 3.97. The summed E-state index contributed by atoms with van der Waals surface area (Å²) in [6.45, 7) is 8.29. The Kier molecular flexibility index (Phi) is 5.39. The summed E-state index contributed by atoms with van der Waals surface area (Å²) in [6, 6.07) is 9.83. The first kappa shape index (κ1) is 20.8. The molecule has 8 nitrogen and oxygen atoms in total. The molecule has 0 radical (unpaired) electrons. The van der Waals surface area contributed by atoms with Crippen molar-refractivity contribution in [3.63, 3.8) is 0 Å². The third-order valence-corrected chi connectivity index (χ3v) is 5.89. The van der Waals surface area contributed by atoms with E-state index in [2.05, 4.69) is 22.4 Å². The van der Waals surface area contributed by atoms with Gasteiger partial charge in [0.15, 0.2) is 0 Å². The summed E-state index contributed by atoms with van der Waals surface area (Å²) in [6.07, 6.45) is 4.90. The molecule has 31 heavy (non-hydrogen) atoms. The van der Waals surface area contributed by atoms with Gasteiger partial charge in [-0.3, -0.25) is 9.48 Å². The molecule has 3 amide bonds. The second-order valence-electron chi connectivity index (χ2n) is 8.42. The van der Waals surface area contributed by atoms with Gasteiger partial charge >= 0.3 is 6.03 Å². The zero-order valence-electron chi connectivity index (χ0n) is 18.3. The van der Waals surface area contributed by atoms with Crippen LogP contribution in [0.15, 0.2) is 47.2 Å². The Bertz CT molecular complexity index is 1080. The summed E-state index contributed by atoms with van der Waals surface area (Å²) in [7, 11) is 0. The van der Waals surface area contributed by atoms with E-state index >= 15 is 0 Å². The predicted molar refractivity (Wildman–Crippen MR) is 116 cm³/mol. The van der Waals surface area contributed by atoms with Gasteiger partial charge in [0.05, 0.1) is 24.1 Å². The Morgan fingerprint density at radius 3 is 2.52 bits per heavy atom. The molecule has 1 aliphatic rings. The van der Waals surface area contributed by atoms with Gasteiger partial charge in [0, 0.05) is 18.3 Å². The lowest BCUT2D eigenvalue weighted by molar-refractivity contribution is -0.123. The summed E-state index contributed by atoms with van der Waals surface area (Å²) in [5.41, 5.74) is 2.53. The molecule has 1 saturated heterocycles. The van der Waals surface area contributed by atoms with Crippen molar-refractivity contribution in [3.8, 4) is 0 Å². The number of anilines is 1. The summed E-state index contributed by atoms with van der Waals surface area (Å²) in [5.74, 6) is 0.489. The molecule has 0 saturated carbocycles. The molecule has 0 aliphatic carbocycles. The van der Waals surface area contributed by atoms with Gasteiger partial charge in [0.25, 0.3) is 5.91 Å². The number of aromatic nitrogens is 3. The Balaban J connectivity index is 1.48. The monoisotopic (exact) mass is 421 g/mol. The lowest BCUT2D eigenvalue weighted by Crippen LogP contribution is -2.44. The fourth-order valence-electron chi connectivity index (χ4n) is 3.97. The van der Waals surface area contributed by atoms with Gasteiger partial charge in [-0.25, -0.2) is 9.69 Å². The molecule has 8 heteroatoms. The van der Waals surface area contributed by atoms with Crippen LogP contribution in [-0.2, 0) is 17.8 Å². The normalized spacial score (nSPS) is 15.9. The molecule has 0 bridgehead atoms.